The average molecular weight is 283 g/mol. The van der Waals surface area contributed by atoms with Gasteiger partial charge in [-0.15, -0.1) is 0 Å². The van der Waals surface area contributed by atoms with Crippen LogP contribution < -0.4 is 5.73 Å². The summed E-state index contributed by atoms with van der Waals surface area (Å²) in [7, 11) is 0. The van der Waals surface area contributed by atoms with Crippen molar-refractivity contribution in [2.45, 2.75) is 0 Å². The zero-order chi connectivity index (χ0) is 14.8. The number of nitro benzene ring substituents is 1. The first-order valence-corrected chi connectivity index (χ1v) is 5.94. The lowest BCUT2D eigenvalue weighted by atomic mass is 10.1. The Kier molecular flexibility index (Phi) is 3.03. The van der Waals surface area contributed by atoms with Crippen LogP contribution in [0.2, 0.25) is 0 Å². The van der Waals surface area contributed by atoms with Gasteiger partial charge in [0.15, 0.2) is 0 Å². The Morgan fingerprint density at radius 3 is 2.76 bits per heavy atom. The van der Waals surface area contributed by atoms with Crippen molar-refractivity contribution >= 4 is 11.4 Å². The second kappa shape index (κ2) is 5.00. The molecule has 8 nitrogen and oxygen atoms in total. The predicted molar refractivity (Wildman–Crippen MR) is 74.0 cm³/mol. The number of hydrogen-bond donors (Lipinski definition) is 1. The number of rotatable bonds is 3. The molecule has 0 bridgehead atoms. The summed E-state index contributed by atoms with van der Waals surface area (Å²) in [6.45, 7) is 0. The molecule has 8 heteroatoms. The number of anilines is 1. The maximum atomic E-state index is 10.7. The molecular weight excluding hydrogens is 274 g/mol. The Labute approximate surface area is 118 Å². The van der Waals surface area contributed by atoms with Crippen LogP contribution in [0.15, 0.2) is 47.1 Å². The molecule has 0 fully saturated rings. The van der Waals surface area contributed by atoms with E-state index in [9.17, 15) is 10.1 Å². The van der Waals surface area contributed by atoms with Crippen LogP contribution in [-0.4, -0.2) is 20.0 Å². The van der Waals surface area contributed by atoms with Gasteiger partial charge in [0.1, 0.15) is 5.69 Å². The van der Waals surface area contributed by atoms with E-state index in [2.05, 4.69) is 15.1 Å². The Morgan fingerprint density at radius 1 is 1.24 bits per heavy atom. The largest absolute Gasteiger partial charge is 0.398 e. The molecule has 0 atom stereocenters. The van der Waals surface area contributed by atoms with Crippen LogP contribution in [0, 0.1) is 10.1 Å². The first kappa shape index (κ1) is 12.7. The van der Waals surface area contributed by atoms with Gasteiger partial charge < -0.3 is 10.3 Å². The summed E-state index contributed by atoms with van der Waals surface area (Å²) in [4.78, 5) is 18.5. The fourth-order valence-corrected chi connectivity index (χ4v) is 1.79. The molecule has 0 amide bonds. The fraction of sp³-hybridized carbons (Fsp3) is 0. The third kappa shape index (κ3) is 2.41. The molecule has 0 aliphatic rings. The van der Waals surface area contributed by atoms with Crippen molar-refractivity contribution in [2.75, 3.05) is 5.73 Å². The van der Waals surface area contributed by atoms with E-state index in [4.69, 9.17) is 10.3 Å². The number of nitrogens with two attached hydrogens (primary N) is 1. The molecule has 21 heavy (non-hydrogen) atoms. The van der Waals surface area contributed by atoms with Crippen LogP contribution in [0.25, 0.3) is 23.0 Å². The third-order valence-corrected chi connectivity index (χ3v) is 2.80. The predicted octanol–water partition coefficient (Wildman–Crippen LogP) is 2.29. The summed E-state index contributed by atoms with van der Waals surface area (Å²) in [5, 5.41) is 14.5. The lowest BCUT2D eigenvalue weighted by Gasteiger charge is -1.99. The molecule has 3 aromatic rings. The van der Waals surface area contributed by atoms with Crippen molar-refractivity contribution in [3.8, 4) is 23.0 Å². The molecule has 0 saturated heterocycles. The van der Waals surface area contributed by atoms with Crippen molar-refractivity contribution in [2.24, 2.45) is 0 Å². The summed E-state index contributed by atoms with van der Waals surface area (Å²) in [6.07, 6.45) is 1.62. The van der Waals surface area contributed by atoms with Crippen LogP contribution in [0.1, 0.15) is 0 Å². The van der Waals surface area contributed by atoms with Crippen LogP contribution in [0.3, 0.4) is 0 Å². The van der Waals surface area contributed by atoms with Crippen molar-refractivity contribution < 1.29 is 9.45 Å². The van der Waals surface area contributed by atoms with Gasteiger partial charge in [0, 0.05) is 18.3 Å². The molecule has 0 radical (unpaired) electrons. The third-order valence-electron chi connectivity index (χ3n) is 2.80. The minimum atomic E-state index is -0.521. The van der Waals surface area contributed by atoms with E-state index in [0.29, 0.717) is 17.1 Å². The number of benzene rings is 1. The van der Waals surface area contributed by atoms with Gasteiger partial charge in [0.05, 0.1) is 16.2 Å². The monoisotopic (exact) mass is 283 g/mol. The maximum Gasteiger partial charge on any atom is 0.271 e. The first-order chi connectivity index (χ1) is 10.1. The zero-order valence-electron chi connectivity index (χ0n) is 10.6. The van der Waals surface area contributed by atoms with E-state index < -0.39 is 4.92 Å². The SMILES string of the molecule is Nc1cc([N+](=O)[O-])ccc1-c1nc(-c2ccccn2)no1. The highest BCUT2D eigenvalue weighted by Gasteiger charge is 2.16. The summed E-state index contributed by atoms with van der Waals surface area (Å²) in [5.74, 6) is 0.506. The maximum absolute atomic E-state index is 10.7. The fourth-order valence-electron chi connectivity index (χ4n) is 1.79. The average Bonchev–Trinajstić information content (AvgIpc) is 2.97. The minimum Gasteiger partial charge on any atom is -0.398 e. The molecular formula is C13H9N5O3. The molecule has 0 saturated carbocycles. The molecule has 1 aromatic carbocycles. The van der Waals surface area contributed by atoms with Crippen molar-refractivity contribution in [1.29, 1.82) is 0 Å². The lowest BCUT2D eigenvalue weighted by Crippen LogP contribution is -1.94. The number of pyridine rings is 1. The van der Waals surface area contributed by atoms with Gasteiger partial charge >= 0.3 is 0 Å². The van der Waals surface area contributed by atoms with Gasteiger partial charge in [0.2, 0.25) is 5.82 Å². The molecule has 0 aliphatic heterocycles. The van der Waals surface area contributed by atoms with E-state index in [1.165, 1.54) is 18.2 Å². The number of nitrogens with zero attached hydrogens (tertiary/aromatic N) is 4. The van der Waals surface area contributed by atoms with Crippen LogP contribution in [-0.2, 0) is 0 Å². The first-order valence-electron chi connectivity index (χ1n) is 5.94. The molecule has 0 aliphatic carbocycles. The smallest absolute Gasteiger partial charge is 0.271 e. The van der Waals surface area contributed by atoms with E-state index in [0.717, 1.165) is 0 Å². The standard InChI is InChI=1S/C13H9N5O3/c14-10-7-8(18(19)20)4-5-9(10)13-16-12(17-21-13)11-3-1-2-6-15-11/h1-7H,14H2. The van der Waals surface area contributed by atoms with Crippen molar-refractivity contribution in [1.82, 2.24) is 15.1 Å². The Bertz CT molecular complexity index is 801. The molecule has 2 heterocycles. The molecule has 0 unspecified atom stereocenters. The summed E-state index contributed by atoms with van der Waals surface area (Å²) >= 11 is 0. The molecule has 104 valence electrons. The highest BCUT2D eigenvalue weighted by Crippen LogP contribution is 2.29. The number of hydrogen-bond acceptors (Lipinski definition) is 7. The molecule has 0 spiro atoms. The van der Waals surface area contributed by atoms with Gasteiger partial charge in [-0.3, -0.25) is 15.1 Å². The van der Waals surface area contributed by atoms with Crippen LogP contribution in [0.4, 0.5) is 11.4 Å². The van der Waals surface area contributed by atoms with E-state index in [1.54, 1.807) is 24.4 Å². The molecule has 2 N–H and O–H groups in total. The Balaban J connectivity index is 1.99. The normalized spacial score (nSPS) is 10.5. The number of nitro groups is 1. The topological polar surface area (TPSA) is 121 Å². The van der Waals surface area contributed by atoms with Gasteiger partial charge in [-0.25, -0.2) is 0 Å². The minimum absolute atomic E-state index is 0.0966. The number of aromatic nitrogens is 3. The van der Waals surface area contributed by atoms with Crippen molar-refractivity contribution in [3.05, 3.63) is 52.7 Å². The summed E-state index contributed by atoms with van der Waals surface area (Å²) in [5.41, 5.74) is 6.89. The number of non-ortho nitro benzene ring substituents is 1. The highest BCUT2D eigenvalue weighted by molar-refractivity contribution is 5.73. The van der Waals surface area contributed by atoms with Gasteiger partial charge in [-0.05, 0) is 18.2 Å². The Morgan fingerprint density at radius 2 is 2.10 bits per heavy atom. The van der Waals surface area contributed by atoms with Crippen molar-refractivity contribution in [3.63, 3.8) is 0 Å². The second-order valence-corrected chi connectivity index (χ2v) is 4.17. The van der Waals surface area contributed by atoms with E-state index >= 15 is 0 Å². The molecule has 3 rings (SSSR count). The summed E-state index contributed by atoms with van der Waals surface area (Å²) < 4.78 is 5.14. The quantitative estimate of drug-likeness (QED) is 0.444. The van der Waals surface area contributed by atoms with Gasteiger partial charge in [0.25, 0.3) is 11.6 Å². The number of nitrogen functional groups attached to an aromatic ring is 1. The van der Waals surface area contributed by atoms with Gasteiger partial charge in [-0.1, -0.05) is 11.2 Å². The van der Waals surface area contributed by atoms with E-state index in [-0.39, 0.29) is 17.3 Å². The van der Waals surface area contributed by atoms with Gasteiger partial charge in [-0.2, -0.15) is 4.98 Å². The zero-order valence-corrected chi connectivity index (χ0v) is 10.6. The second-order valence-electron chi connectivity index (χ2n) is 4.17. The van der Waals surface area contributed by atoms with Crippen LogP contribution >= 0.6 is 0 Å². The Hall–Kier alpha value is -3.29. The lowest BCUT2D eigenvalue weighted by molar-refractivity contribution is -0.384. The summed E-state index contributed by atoms with van der Waals surface area (Å²) in [6, 6.07) is 9.38. The molecule has 2 aromatic heterocycles. The van der Waals surface area contributed by atoms with E-state index in [1.807, 2.05) is 0 Å². The van der Waals surface area contributed by atoms with Crippen LogP contribution in [0.5, 0.6) is 0 Å². The highest BCUT2D eigenvalue weighted by atomic mass is 16.6.